The van der Waals surface area contributed by atoms with Crippen LogP contribution in [0, 0.1) is 0 Å². The van der Waals surface area contributed by atoms with E-state index in [1.807, 2.05) is 18.4 Å². The van der Waals surface area contributed by atoms with Gasteiger partial charge < -0.3 is 5.32 Å². The molecule has 0 aliphatic carbocycles. The Labute approximate surface area is 119 Å². The maximum atomic E-state index is 11.7. The SMILES string of the molecule is CCCCCC(C)NC(=O)CCC(=O)c1cccs1. The van der Waals surface area contributed by atoms with Gasteiger partial charge >= 0.3 is 0 Å². The molecule has 19 heavy (non-hydrogen) atoms. The van der Waals surface area contributed by atoms with Crippen LogP contribution in [0.15, 0.2) is 17.5 Å². The maximum Gasteiger partial charge on any atom is 0.220 e. The highest BCUT2D eigenvalue weighted by Gasteiger charge is 2.11. The molecule has 0 aromatic carbocycles. The fraction of sp³-hybridized carbons (Fsp3) is 0.600. The number of thiophene rings is 1. The van der Waals surface area contributed by atoms with Crippen molar-refractivity contribution in [3.63, 3.8) is 0 Å². The van der Waals surface area contributed by atoms with E-state index in [2.05, 4.69) is 12.2 Å². The van der Waals surface area contributed by atoms with Crippen LogP contribution in [-0.2, 0) is 4.79 Å². The lowest BCUT2D eigenvalue weighted by atomic mass is 10.1. The minimum Gasteiger partial charge on any atom is -0.354 e. The highest BCUT2D eigenvalue weighted by Crippen LogP contribution is 2.12. The Bertz CT molecular complexity index is 387. The zero-order valence-corrected chi connectivity index (χ0v) is 12.6. The van der Waals surface area contributed by atoms with Crippen LogP contribution in [0.1, 0.15) is 62.0 Å². The number of nitrogens with one attached hydrogen (secondary N) is 1. The molecule has 0 spiro atoms. The van der Waals surface area contributed by atoms with Crippen LogP contribution in [0.4, 0.5) is 0 Å². The molecule has 1 heterocycles. The van der Waals surface area contributed by atoms with E-state index >= 15 is 0 Å². The molecule has 3 nitrogen and oxygen atoms in total. The number of rotatable bonds is 9. The van der Waals surface area contributed by atoms with Crippen molar-refractivity contribution in [2.75, 3.05) is 0 Å². The van der Waals surface area contributed by atoms with Crippen molar-refractivity contribution in [2.24, 2.45) is 0 Å². The lowest BCUT2D eigenvalue weighted by molar-refractivity contribution is -0.121. The van der Waals surface area contributed by atoms with Crippen LogP contribution in [0.2, 0.25) is 0 Å². The first-order chi connectivity index (χ1) is 9.13. The summed E-state index contributed by atoms with van der Waals surface area (Å²) in [6.07, 6.45) is 5.14. The predicted octanol–water partition coefficient (Wildman–Crippen LogP) is 3.80. The maximum absolute atomic E-state index is 11.7. The van der Waals surface area contributed by atoms with E-state index in [4.69, 9.17) is 0 Å². The molecule has 0 aliphatic heterocycles. The van der Waals surface area contributed by atoms with Gasteiger partial charge in [0.2, 0.25) is 5.91 Å². The van der Waals surface area contributed by atoms with Gasteiger partial charge in [0.1, 0.15) is 0 Å². The second-order valence-corrected chi connectivity index (χ2v) is 5.81. The van der Waals surface area contributed by atoms with Crippen LogP contribution in [0.25, 0.3) is 0 Å². The minimum atomic E-state index is -0.0195. The number of amides is 1. The fourth-order valence-corrected chi connectivity index (χ4v) is 2.60. The second kappa shape index (κ2) is 8.86. The average molecular weight is 281 g/mol. The number of Topliss-reactive ketones (excluding diaryl/α,β-unsaturated/α-hetero) is 1. The normalized spacial score (nSPS) is 12.1. The topological polar surface area (TPSA) is 46.2 Å². The van der Waals surface area contributed by atoms with Crippen molar-refractivity contribution in [2.45, 2.75) is 58.4 Å². The minimum absolute atomic E-state index is 0.0195. The standard InChI is InChI=1S/C15H23NO2S/c1-3-4-5-7-12(2)16-15(18)10-9-13(17)14-8-6-11-19-14/h6,8,11-12H,3-5,7,9-10H2,1-2H3,(H,16,18). The fourth-order valence-electron chi connectivity index (χ4n) is 1.91. The van der Waals surface area contributed by atoms with Gasteiger partial charge in [0.05, 0.1) is 4.88 Å². The molecule has 1 N–H and O–H groups in total. The van der Waals surface area contributed by atoms with E-state index in [0.717, 1.165) is 17.7 Å². The van der Waals surface area contributed by atoms with Crippen LogP contribution >= 0.6 is 11.3 Å². The molecule has 0 saturated carbocycles. The quantitative estimate of drug-likeness (QED) is 0.553. The third-order valence-electron chi connectivity index (χ3n) is 3.02. The van der Waals surface area contributed by atoms with Crippen molar-refractivity contribution in [3.8, 4) is 0 Å². The molecule has 0 fully saturated rings. The molecule has 0 bridgehead atoms. The molecule has 1 rings (SSSR count). The van der Waals surface area contributed by atoms with Gasteiger partial charge in [-0.1, -0.05) is 32.3 Å². The smallest absolute Gasteiger partial charge is 0.220 e. The lowest BCUT2D eigenvalue weighted by Gasteiger charge is -2.13. The first-order valence-electron chi connectivity index (χ1n) is 6.99. The van der Waals surface area contributed by atoms with Crippen molar-refractivity contribution in [1.82, 2.24) is 5.32 Å². The van der Waals surface area contributed by atoms with E-state index in [-0.39, 0.29) is 24.2 Å². The summed E-state index contributed by atoms with van der Waals surface area (Å²) in [5.74, 6) is 0.0395. The molecule has 0 radical (unpaired) electrons. The number of ketones is 1. The Morgan fingerprint density at radius 1 is 1.32 bits per heavy atom. The molecule has 4 heteroatoms. The Balaban J connectivity index is 2.19. The Morgan fingerprint density at radius 2 is 2.11 bits per heavy atom. The van der Waals surface area contributed by atoms with E-state index in [1.54, 1.807) is 6.07 Å². The van der Waals surface area contributed by atoms with Crippen LogP contribution in [0.5, 0.6) is 0 Å². The van der Waals surface area contributed by atoms with Gasteiger partial charge in [-0.3, -0.25) is 9.59 Å². The van der Waals surface area contributed by atoms with Crippen molar-refractivity contribution in [3.05, 3.63) is 22.4 Å². The van der Waals surface area contributed by atoms with Gasteiger partial charge in [-0.05, 0) is 24.8 Å². The summed E-state index contributed by atoms with van der Waals surface area (Å²) < 4.78 is 0. The summed E-state index contributed by atoms with van der Waals surface area (Å²) in [5, 5.41) is 4.83. The van der Waals surface area contributed by atoms with E-state index in [9.17, 15) is 9.59 Å². The molecule has 0 aliphatic rings. The molecule has 1 aromatic heterocycles. The third-order valence-corrected chi connectivity index (χ3v) is 3.93. The summed E-state index contributed by atoms with van der Waals surface area (Å²) in [6, 6.07) is 3.86. The van der Waals surface area contributed by atoms with E-state index < -0.39 is 0 Å². The van der Waals surface area contributed by atoms with Crippen LogP contribution < -0.4 is 5.32 Å². The summed E-state index contributed by atoms with van der Waals surface area (Å²) in [4.78, 5) is 24.2. The number of carbonyl (C=O) groups is 2. The zero-order valence-electron chi connectivity index (χ0n) is 11.8. The largest absolute Gasteiger partial charge is 0.354 e. The van der Waals surface area contributed by atoms with Crippen molar-refractivity contribution >= 4 is 23.0 Å². The summed E-state index contributed by atoms with van der Waals surface area (Å²) in [7, 11) is 0. The van der Waals surface area contributed by atoms with Gasteiger partial charge in [-0.15, -0.1) is 11.3 Å². The third kappa shape index (κ3) is 6.53. The Kier molecular flexibility index (Phi) is 7.41. The summed E-state index contributed by atoms with van der Waals surface area (Å²) >= 11 is 1.43. The van der Waals surface area contributed by atoms with Gasteiger partial charge in [0.25, 0.3) is 0 Å². The monoisotopic (exact) mass is 281 g/mol. The number of hydrogen-bond donors (Lipinski definition) is 1. The lowest BCUT2D eigenvalue weighted by Crippen LogP contribution is -2.32. The number of unbranched alkanes of at least 4 members (excludes halogenated alkanes) is 2. The molecule has 1 amide bonds. The number of hydrogen-bond acceptors (Lipinski definition) is 3. The molecule has 1 aromatic rings. The zero-order chi connectivity index (χ0) is 14.1. The van der Waals surface area contributed by atoms with E-state index in [1.165, 1.54) is 24.2 Å². The first kappa shape index (κ1) is 15.9. The molecular formula is C15H23NO2S. The highest BCUT2D eigenvalue weighted by atomic mass is 32.1. The Morgan fingerprint density at radius 3 is 2.74 bits per heavy atom. The molecular weight excluding hydrogens is 258 g/mol. The molecule has 1 unspecified atom stereocenters. The van der Waals surface area contributed by atoms with Crippen molar-refractivity contribution in [1.29, 1.82) is 0 Å². The summed E-state index contributed by atoms with van der Waals surface area (Å²) in [6.45, 7) is 4.19. The molecule has 1 atom stereocenters. The van der Waals surface area contributed by atoms with Gasteiger partial charge in [0.15, 0.2) is 5.78 Å². The number of carbonyl (C=O) groups excluding carboxylic acids is 2. The van der Waals surface area contributed by atoms with Crippen LogP contribution in [-0.4, -0.2) is 17.7 Å². The Hall–Kier alpha value is -1.16. The second-order valence-electron chi connectivity index (χ2n) is 4.86. The summed E-state index contributed by atoms with van der Waals surface area (Å²) in [5.41, 5.74) is 0. The molecule has 106 valence electrons. The molecule has 0 saturated heterocycles. The average Bonchev–Trinajstić information content (AvgIpc) is 2.90. The van der Waals surface area contributed by atoms with E-state index in [0.29, 0.717) is 6.42 Å². The highest BCUT2D eigenvalue weighted by molar-refractivity contribution is 7.12. The van der Waals surface area contributed by atoms with Gasteiger partial charge in [-0.25, -0.2) is 0 Å². The van der Waals surface area contributed by atoms with Gasteiger partial charge in [-0.2, -0.15) is 0 Å². The predicted molar refractivity (Wildman–Crippen MR) is 79.6 cm³/mol. The first-order valence-corrected chi connectivity index (χ1v) is 7.87. The van der Waals surface area contributed by atoms with Gasteiger partial charge in [0, 0.05) is 18.9 Å². The van der Waals surface area contributed by atoms with Crippen molar-refractivity contribution < 1.29 is 9.59 Å². The van der Waals surface area contributed by atoms with Crippen LogP contribution in [0.3, 0.4) is 0 Å².